The van der Waals surface area contributed by atoms with Crippen molar-refractivity contribution < 1.29 is 9.15 Å². The van der Waals surface area contributed by atoms with Crippen LogP contribution in [0.15, 0.2) is 185 Å². The van der Waals surface area contributed by atoms with Crippen LogP contribution in [0.25, 0.3) is 38.6 Å². The smallest absolute Gasteiger partial charge is 0.136 e. The van der Waals surface area contributed by atoms with E-state index in [0.29, 0.717) is 11.8 Å². The third kappa shape index (κ3) is 4.64. The van der Waals surface area contributed by atoms with Crippen molar-refractivity contribution >= 4 is 33.2 Å². The molecule has 10 rings (SSSR count). The first kappa shape index (κ1) is 28.2. The lowest BCUT2D eigenvalue weighted by Gasteiger charge is -2.38. The van der Waals surface area contributed by atoms with Crippen LogP contribution in [0.3, 0.4) is 0 Å². The molecule has 2 heterocycles. The van der Waals surface area contributed by atoms with E-state index >= 15 is 0 Å². The van der Waals surface area contributed by atoms with Gasteiger partial charge in [-0.3, -0.25) is 0 Å². The Kier molecular flexibility index (Phi) is 6.58. The van der Waals surface area contributed by atoms with Crippen LogP contribution in [-0.4, -0.2) is 6.10 Å². The molecule has 236 valence electrons. The Morgan fingerprint density at radius 1 is 0.653 bits per heavy atom. The Morgan fingerprint density at radius 3 is 2.41 bits per heavy atom. The molecule has 0 radical (unpaired) electrons. The summed E-state index contributed by atoms with van der Waals surface area (Å²) < 4.78 is 13.3. The molecule has 1 aliphatic heterocycles. The molecule has 0 saturated heterocycles. The van der Waals surface area contributed by atoms with E-state index in [2.05, 4.69) is 157 Å². The van der Waals surface area contributed by atoms with Gasteiger partial charge in [0.1, 0.15) is 23.0 Å². The normalized spacial score (nSPS) is 23.3. The molecule has 0 bridgehead atoms. The molecular formula is C46H35NO2. The zero-order valence-electron chi connectivity index (χ0n) is 27.1. The summed E-state index contributed by atoms with van der Waals surface area (Å²) in [4.78, 5) is 2.48. The topological polar surface area (TPSA) is 25.6 Å². The molecule has 5 aromatic rings. The van der Waals surface area contributed by atoms with Crippen molar-refractivity contribution in [3.8, 4) is 16.9 Å². The summed E-state index contributed by atoms with van der Waals surface area (Å²) in [5.41, 5.74) is 11.6. The summed E-state index contributed by atoms with van der Waals surface area (Å²) >= 11 is 0. The molecule has 4 aromatic carbocycles. The van der Waals surface area contributed by atoms with Crippen molar-refractivity contribution in [1.82, 2.24) is 0 Å². The van der Waals surface area contributed by atoms with E-state index in [-0.39, 0.29) is 12.0 Å². The van der Waals surface area contributed by atoms with Crippen LogP contribution in [0, 0.1) is 17.8 Å². The van der Waals surface area contributed by atoms with E-state index in [4.69, 9.17) is 9.15 Å². The van der Waals surface area contributed by atoms with Gasteiger partial charge in [0, 0.05) is 62.3 Å². The molecule has 3 nitrogen and oxygen atoms in total. The highest BCUT2D eigenvalue weighted by Gasteiger charge is 2.39. The Morgan fingerprint density at radius 2 is 1.45 bits per heavy atom. The second-order valence-corrected chi connectivity index (χ2v) is 13.5. The van der Waals surface area contributed by atoms with Gasteiger partial charge in [-0.15, -0.1) is 0 Å². The van der Waals surface area contributed by atoms with Gasteiger partial charge in [-0.25, -0.2) is 0 Å². The first-order valence-electron chi connectivity index (χ1n) is 17.4. The quantitative estimate of drug-likeness (QED) is 0.193. The van der Waals surface area contributed by atoms with Gasteiger partial charge in [0.05, 0.1) is 0 Å². The van der Waals surface area contributed by atoms with Crippen LogP contribution in [0.1, 0.15) is 18.4 Å². The number of hydrogen-bond donors (Lipinski definition) is 0. The number of fused-ring (bicyclic) bond motifs is 7. The van der Waals surface area contributed by atoms with Crippen LogP contribution in [0.5, 0.6) is 5.75 Å². The molecular weight excluding hydrogens is 599 g/mol. The molecule has 0 spiro atoms. The lowest BCUT2D eigenvalue weighted by molar-refractivity contribution is 0.241. The maximum Gasteiger partial charge on any atom is 0.136 e. The molecule has 5 aliphatic rings. The number of nitrogens with zero attached hydrogens (tertiary/aromatic N) is 1. The number of rotatable bonds is 5. The van der Waals surface area contributed by atoms with Gasteiger partial charge in [-0.1, -0.05) is 127 Å². The average molecular weight is 634 g/mol. The Labute approximate surface area is 286 Å². The van der Waals surface area contributed by atoms with Crippen molar-refractivity contribution in [2.75, 3.05) is 4.90 Å². The summed E-state index contributed by atoms with van der Waals surface area (Å²) in [6.07, 6.45) is 29.4. The number of furan rings is 1. The lowest BCUT2D eigenvalue weighted by Crippen LogP contribution is -2.32. The number of allylic oxidation sites excluding steroid dienone is 11. The van der Waals surface area contributed by atoms with E-state index < -0.39 is 0 Å². The second kappa shape index (κ2) is 11.4. The van der Waals surface area contributed by atoms with E-state index in [1.165, 1.54) is 33.8 Å². The van der Waals surface area contributed by atoms with Crippen LogP contribution < -0.4 is 9.64 Å². The Balaban J connectivity index is 1.00. The molecule has 0 N–H and O–H groups in total. The highest BCUT2D eigenvalue weighted by molar-refractivity contribution is 6.06. The fourth-order valence-electron chi connectivity index (χ4n) is 8.38. The molecule has 4 unspecified atom stereocenters. The summed E-state index contributed by atoms with van der Waals surface area (Å²) in [5.74, 6) is 1.77. The SMILES string of the molecule is C1=CC2C=CC=C(N(C3=CCCC(C4C=CC=C5c6cccc(-c7ccc8c(c7)oc7ccccc78)c6OC54)=C3)c3ccccc3)C2C=C1. The van der Waals surface area contributed by atoms with E-state index in [1.54, 1.807) is 0 Å². The first-order chi connectivity index (χ1) is 24.3. The number of para-hydroxylation sites is 3. The van der Waals surface area contributed by atoms with Crippen molar-refractivity contribution in [2.24, 2.45) is 17.8 Å². The van der Waals surface area contributed by atoms with Crippen molar-refractivity contribution in [2.45, 2.75) is 18.9 Å². The first-order valence-corrected chi connectivity index (χ1v) is 17.4. The van der Waals surface area contributed by atoms with Gasteiger partial charge < -0.3 is 14.1 Å². The summed E-state index contributed by atoms with van der Waals surface area (Å²) in [6, 6.07) is 32.1. The number of ether oxygens (including phenoxy) is 1. The predicted molar refractivity (Wildman–Crippen MR) is 201 cm³/mol. The maximum atomic E-state index is 7.04. The predicted octanol–water partition coefficient (Wildman–Crippen LogP) is 11.5. The van der Waals surface area contributed by atoms with E-state index in [9.17, 15) is 0 Å². The highest BCUT2D eigenvalue weighted by Crippen LogP contribution is 2.50. The maximum absolute atomic E-state index is 7.04. The molecule has 3 heteroatoms. The molecule has 0 fully saturated rings. The standard InChI is InChI=1S/C46H35NO2/c1-2-15-33(16-3-1)47(42-24-9-13-30-12-4-5-18-35(30)42)34-17-8-14-31(28-34)36-20-10-22-40-41-23-11-21-37(46(41)49-45(36)40)32-26-27-39-38-19-6-7-25-43(38)48-44(39)29-32/h1-7,9-13,15-30,35-36,45H,8,14H2. The minimum Gasteiger partial charge on any atom is -0.483 e. The van der Waals surface area contributed by atoms with E-state index in [0.717, 1.165) is 51.7 Å². The third-order valence-corrected chi connectivity index (χ3v) is 10.7. The number of benzene rings is 4. The fraction of sp³-hybridized carbons (Fsp3) is 0.130. The molecule has 0 saturated carbocycles. The van der Waals surface area contributed by atoms with Crippen LogP contribution in [-0.2, 0) is 0 Å². The zero-order chi connectivity index (χ0) is 32.3. The second-order valence-electron chi connectivity index (χ2n) is 13.5. The zero-order valence-corrected chi connectivity index (χ0v) is 27.1. The van der Waals surface area contributed by atoms with Gasteiger partial charge >= 0.3 is 0 Å². The number of anilines is 1. The van der Waals surface area contributed by atoms with Crippen molar-refractivity contribution in [3.05, 3.63) is 186 Å². The highest BCUT2D eigenvalue weighted by atomic mass is 16.5. The summed E-state index contributed by atoms with van der Waals surface area (Å²) in [7, 11) is 0. The van der Waals surface area contributed by atoms with Crippen LogP contribution in [0.4, 0.5) is 5.69 Å². The minimum absolute atomic E-state index is 0.0699. The van der Waals surface area contributed by atoms with Crippen molar-refractivity contribution in [3.63, 3.8) is 0 Å². The summed E-state index contributed by atoms with van der Waals surface area (Å²) in [6.45, 7) is 0. The van der Waals surface area contributed by atoms with E-state index in [1.807, 2.05) is 12.1 Å². The van der Waals surface area contributed by atoms with Crippen LogP contribution >= 0.6 is 0 Å². The van der Waals surface area contributed by atoms with Gasteiger partial charge in [-0.2, -0.15) is 0 Å². The lowest BCUT2D eigenvalue weighted by atomic mass is 9.79. The largest absolute Gasteiger partial charge is 0.483 e. The molecule has 4 aliphatic carbocycles. The molecule has 1 aromatic heterocycles. The third-order valence-electron chi connectivity index (χ3n) is 10.7. The van der Waals surface area contributed by atoms with Gasteiger partial charge in [-0.05, 0) is 60.9 Å². The summed E-state index contributed by atoms with van der Waals surface area (Å²) in [5, 5.41) is 2.28. The Bertz CT molecular complexity index is 2390. The molecule has 49 heavy (non-hydrogen) atoms. The average Bonchev–Trinajstić information content (AvgIpc) is 3.74. The molecule has 4 atom stereocenters. The molecule has 0 amide bonds. The minimum atomic E-state index is -0.0699. The van der Waals surface area contributed by atoms with Gasteiger partial charge in [0.2, 0.25) is 0 Å². The fourth-order valence-corrected chi connectivity index (χ4v) is 8.38. The van der Waals surface area contributed by atoms with Crippen molar-refractivity contribution in [1.29, 1.82) is 0 Å². The van der Waals surface area contributed by atoms with Gasteiger partial charge in [0.25, 0.3) is 0 Å². The number of hydrogen-bond acceptors (Lipinski definition) is 3. The van der Waals surface area contributed by atoms with Gasteiger partial charge in [0.15, 0.2) is 0 Å². The van der Waals surface area contributed by atoms with Crippen LogP contribution in [0.2, 0.25) is 0 Å². The monoisotopic (exact) mass is 633 g/mol. The Hall–Kier alpha value is -5.80.